The third-order valence-corrected chi connectivity index (χ3v) is 9.47. The van der Waals surface area contributed by atoms with E-state index in [0.29, 0.717) is 25.0 Å². The highest BCUT2D eigenvalue weighted by molar-refractivity contribution is 7.47. The predicted octanol–water partition coefficient (Wildman–Crippen LogP) is 8.12. The standard InChI is InChI=1S/C37H69O11P/c1-4-5-6-7-13-18-23-34-35(48-34)24-19-14-11-16-21-26-37(41)47-33(30-46-49(42,43)45-28-32(39)27-38)29-44-36(40)25-20-15-10-8-9-12-17-22-31(2)3/h13,18,31-35,38-39H,4-12,14-17,19-30H2,1-3H3,(H,42,43)/b18-13-/t32-,33+,34?,35?/m0/s1. The van der Waals surface area contributed by atoms with Gasteiger partial charge in [-0.1, -0.05) is 116 Å². The molecule has 0 aromatic rings. The first-order valence-electron chi connectivity index (χ1n) is 19.1. The first-order chi connectivity index (χ1) is 23.6. The Kier molecular flexibility index (Phi) is 27.3. The van der Waals surface area contributed by atoms with Crippen molar-refractivity contribution in [1.82, 2.24) is 0 Å². The molecule has 0 radical (unpaired) electrons. The van der Waals surface area contributed by atoms with Crippen molar-refractivity contribution in [3.05, 3.63) is 12.2 Å². The smallest absolute Gasteiger partial charge is 0.462 e. The van der Waals surface area contributed by atoms with Gasteiger partial charge in [-0.15, -0.1) is 0 Å². The minimum Gasteiger partial charge on any atom is -0.462 e. The number of carbonyl (C=O) groups excluding carboxylic acids is 2. The van der Waals surface area contributed by atoms with Gasteiger partial charge in [-0.2, -0.15) is 0 Å². The highest BCUT2D eigenvalue weighted by atomic mass is 31.2. The van der Waals surface area contributed by atoms with Crippen LogP contribution < -0.4 is 0 Å². The summed E-state index contributed by atoms with van der Waals surface area (Å²) >= 11 is 0. The number of aliphatic hydroxyl groups is 2. The van der Waals surface area contributed by atoms with Gasteiger partial charge in [0.25, 0.3) is 0 Å². The average Bonchev–Trinajstić information content (AvgIpc) is 3.82. The van der Waals surface area contributed by atoms with E-state index in [1.54, 1.807) is 0 Å². The molecule has 11 nitrogen and oxygen atoms in total. The maximum absolute atomic E-state index is 12.6. The SMILES string of the molecule is CCCCC/C=C\CC1OC1CCCCCCCC(=O)O[C@H](COC(=O)CCCCCCCCCC(C)C)COP(=O)(O)OC[C@@H](O)CO. The second-order valence-electron chi connectivity index (χ2n) is 13.8. The maximum Gasteiger partial charge on any atom is 0.472 e. The first-order valence-corrected chi connectivity index (χ1v) is 20.6. The Morgan fingerprint density at radius 3 is 2.04 bits per heavy atom. The van der Waals surface area contributed by atoms with Crippen molar-refractivity contribution in [2.75, 3.05) is 26.4 Å². The van der Waals surface area contributed by atoms with Gasteiger partial charge in [0.2, 0.25) is 0 Å². The Balaban J connectivity index is 2.30. The van der Waals surface area contributed by atoms with Crippen LogP contribution in [0.25, 0.3) is 0 Å². The molecular formula is C37H69O11P. The molecule has 0 aliphatic carbocycles. The van der Waals surface area contributed by atoms with Gasteiger partial charge in [0.05, 0.1) is 32.0 Å². The molecule has 0 aromatic carbocycles. The van der Waals surface area contributed by atoms with Crippen LogP contribution in [0.2, 0.25) is 0 Å². The van der Waals surface area contributed by atoms with Crippen molar-refractivity contribution >= 4 is 19.8 Å². The summed E-state index contributed by atoms with van der Waals surface area (Å²) in [7, 11) is -4.62. The van der Waals surface area contributed by atoms with Crippen molar-refractivity contribution in [2.45, 2.75) is 180 Å². The molecule has 1 aliphatic heterocycles. The number of unbranched alkanes of at least 4 members (excludes halogenated alkanes) is 13. The molecule has 1 fully saturated rings. The summed E-state index contributed by atoms with van der Waals surface area (Å²) in [5.74, 6) is -0.207. The minimum atomic E-state index is -4.62. The number of aliphatic hydroxyl groups excluding tert-OH is 2. The molecule has 1 saturated heterocycles. The number of esters is 2. The van der Waals surface area contributed by atoms with Crippen LogP contribution in [0, 0.1) is 5.92 Å². The third kappa shape index (κ3) is 28.0. The van der Waals surface area contributed by atoms with Crippen molar-refractivity contribution in [1.29, 1.82) is 0 Å². The van der Waals surface area contributed by atoms with Crippen molar-refractivity contribution in [3.8, 4) is 0 Å². The molecule has 0 saturated carbocycles. The van der Waals surface area contributed by atoms with Crippen LogP contribution in [-0.2, 0) is 37.4 Å². The van der Waals surface area contributed by atoms with Crippen LogP contribution in [0.3, 0.4) is 0 Å². The van der Waals surface area contributed by atoms with Crippen LogP contribution in [-0.4, -0.2) is 77.9 Å². The lowest BCUT2D eigenvalue weighted by atomic mass is 10.0. The summed E-state index contributed by atoms with van der Waals surface area (Å²) in [6.45, 7) is 4.56. The topological polar surface area (TPSA) is 161 Å². The Morgan fingerprint density at radius 1 is 0.776 bits per heavy atom. The zero-order valence-corrected chi connectivity index (χ0v) is 31.7. The molecule has 0 spiro atoms. The van der Waals surface area contributed by atoms with Gasteiger partial charge in [0, 0.05) is 12.8 Å². The first kappa shape index (κ1) is 45.7. The van der Waals surface area contributed by atoms with E-state index in [-0.39, 0.29) is 19.4 Å². The second-order valence-corrected chi connectivity index (χ2v) is 15.3. The average molecular weight is 721 g/mol. The summed E-state index contributed by atoms with van der Waals surface area (Å²) in [6, 6.07) is 0. The monoisotopic (exact) mass is 720 g/mol. The molecule has 0 bridgehead atoms. The van der Waals surface area contributed by atoms with E-state index in [1.807, 2.05) is 0 Å². The van der Waals surface area contributed by atoms with E-state index in [0.717, 1.165) is 70.1 Å². The normalized spacial score (nSPS) is 18.4. The molecule has 0 amide bonds. The molecule has 288 valence electrons. The highest BCUT2D eigenvalue weighted by Crippen LogP contribution is 2.43. The van der Waals surface area contributed by atoms with Gasteiger partial charge < -0.3 is 29.3 Å². The number of allylic oxidation sites excluding steroid dienone is 1. The van der Waals surface area contributed by atoms with Gasteiger partial charge in [0.1, 0.15) is 12.7 Å². The van der Waals surface area contributed by atoms with E-state index >= 15 is 0 Å². The second kappa shape index (κ2) is 29.3. The lowest BCUT2D eigenvalue weighted by molar-refractivity contribution is -0.161. The Hall–Kier alpha value is -1.33. The molecule has 3 N–H and O–H groups in total. The van der Waals surface area contributed by atoms with Crippen molar-refractivity contribution < 1.29 is 52.5 Å². The molecule has 3 unspecified atom stereocenters. The van der Waals surface area contributed by atoms with Crippen LogP contribution in [0.4, 0.5) is 0 Å². The van der Waals surface area contributed by atoms with Gasteiger partial charge in [-0.05, 0) is 44.4 Å². The fraction of sp³-hybridized carbons (Fsp3) is 0.892. The largest absolute Gasteiger partial charge is 0.472 e. The molecule has 1 rings (SSSR count). The van der Waals surface area contributed by atoms with Crippen molar-refractivity contribution in [2.24, 2.45) is 5.92 Å². The number of hydrogen-bond acceptors (Lipinski definition) is 10. The van der Waals surface area contributed by atoms with Crippen LogP contribution >= 0.6 is 7.82 Å². The summed E-state index contributed by atoms with van der Waals surface area (Å²) in [5.41, 5.74) is 0. The van der Waals surface area contributed by atoms with Crippen LogP contribution in [0.1, 0.15) is 156 Å². The summed E-state index contributed by atoms with van der Waals surface area (Å²) in [5, 5.41) is 18.3. The number of ether oxygens (including phenoxy) is 3. The summed E-state index contributed by atoms with van der Waals surface area (Å²) in [4.78, 5) is 34.8. The predicted molar refractivity (Wildman–Crippen MR) is 191 cm³/mol. The fourth-order valence-corrected chi connectivity index (χ4v) is 6.21. The molecule has 49 heavy (non-hydrogen) atoms. The van der Waals surface area contributed by atoms with Gasteiger partial charge in [-0.3, -0.25) is 18.6 Å². The zero-order valence-electron chi connectivity index (χ0n) is 30.8. The van der Waals surface area contributed by atoms with E-state index in [9.17, 15) is 24.2 Å². The lowest BCUT2D eigenvalue weighted by Crippen LogP contribution is -2.29. The molecule has 1 aliphatic rings. The maximum atomic E-state index is 12.6. The van der Waals surface area contributed by atoms with Gasteiger partial charge >= 0.3 is 19.8 Å². The Labute approximate surface area is 296 Å². The van der Waals surface area contributed by atoms with Crippen LogP contribution in [0.15, 0.2) is 12.2 Å². The Morgan fingerprint density at radius 2 is 1.39 bits per heavy atom. The lowest BCUT2D eigenvalue weighted by Gasteiger charge is -2.20. The number of rotatable bonds is 34. The van der Waals surface area contributed by atoms with Crippen LogP contribution in [0.5, 0.6) is 0 Å². The van der Waals surface area contributed by atoms with Crippen molar-refractivity contribution in [3.63, 3.8) is 0 Å². The Bertz CT molecular complexity index is 913. The molecule has 5 atom stereocenters. The fourth-order valence-electron chi connectivity index (χ4n) is 5.42. The summed E-state index contributed by atoms with van der Waals surface area (Å²) in [6.07, 6.45) is 23.6. The number of carbonyl (C=O) groups is 2. The number of epoxide rings is 1. The van der Waals surface area contributed by atoms with Gasteiger partial charge in [-0.25, -0.2) is 4.57 Å². The molecular weight excluding hydrogens is 651 g/mol. The van der Waals surface area contributed by atoms with E-state index in [4.69, 9.17) is 23.8 Å². The van der Waals surface area contributed by atoms with E-state index < -0.39 is 51.8 Å². The quantitative estimate of drug-likeness (QED) is 0.0194. The minimum absolute atomic E-state index is 0.163. The van der Waals surface area contributed by atoms with E-state index in [2.05, 4.69) is 37.4 Å². The van der Waals surface area contributed by atoms with Gasteiger partial charge in [0.15, 0.2) is 6.10 Å². The third-order valence-electron chi connectivity index (χ3n) is 8.52. The highest BCUT2D eigenvalue weighted by Gasteiger charge is 2.36. The summed E-state index contributed by atoms with van der Waals surface area (Å²) < 4.78 is 38.3. The molecule has 1 heterocycles. The number of phosphoric ester groups is 1. The molecule has 12 heteroatoms. The molecule has 0 aromatic heterocycles. The number of hydrogen-bond donors (Lipinski definition) is 3. The number of phosphoric acid groups is 1. The zero-order chi connectivity index (χ0) is 36.2. The van der Waals surface area contributed by atoms with E-state index in [1.165, 1.54) is 44.9 Å².